The van der Waals surface area contributed by atoms with E-state index in [0.29, 0.717) is 19.1 Å². The average molecular weight is 269 g/mol. The van der Waals surface area contributed by atoms with E-state index in [1.165, 1.54) is 6.42 Å². The molecule has 2 heterocycles. The van der Waals surface area contributed by atoms with Crippen LogP contribution in [0.1, 0.15) is 26.2 Å². The fourth-order valence-electron chi connectivity index (χ4n) is 2.94. The predicted octanol–water partition coefficient (Wildman–Crippen LogP) is -0.426. The van der Waals surface area contributed by atoms with Gasteiger partial charge in [-0.25, -0.2) is 4.79 Å². The van der Waals surface area contributed by atoms with Gasteiger partial charge in [-0.1, -0.05) is 0 Å². The summed E-state index contributed by atoms with van der Waals surface area (Å²) >= 11 is 0. The van der Waals surface area contributed by atoms with Gasteiger partial charge in [0.25, 0.3) is 5.91 Å². The van der Waals surface area contributed by atoms with Gasteiger partial charge in [-0.3, -0.25) is 9.69 Å². The molecule has 0 saturated carbocycles. The van der Waals surface area contributed by atoms with Crippen LogP contribution >= 0.6 is 0 Å². The van der Waals surface area contributed by atoms with Crippen LogP contribution in [0.2, 0.25) is 0 Å². The van der Waals surface area contributed by atoms with Gasteiger partial charge >= 0.3 is 5.97 Å². The van der Waals surface area contributed by atoms with Gasteiger partial charge in [0.05, 0.1) is 6.61 Å². The van der Waals surface area contributed by atoms with Gasteiger partial charge in [0.2, 0.25) is 0 Å². The molecule has 2 saturated heterocycles. The molecule has 6 nitrogen and oxygen atoms in total. The summed E-state index contributed by atoms with van der Waals surface area (Å²) in [6.45, 7) is 5.47. The van der Waals surface area contributed by atoms with Crippen molar-refractivity contribution in [1.82, 2.24) is 9.80 Å². The van der Waals surface area contributed by atoms with Crippen LogP contribution in [0.3, 0.4) is 0 Å². The maximum absolute atomic E-state index is 12.2. The van der Waals surface area contributed by atoms with Crippen molar-refractivity contribution < 1.29 is 14.3 Å². The van der Waals surface area contributed by atoms with E-state index in [1.807, 2.05) is 0 Å². The molecule has 108 valence electrons. The van der Waals surface area contributed by atoms with E-state index >= 15 is 0 Å². The number of hydrogen-bond donors (Lipinski definition) is 1. The lowest BCUT2D eigenvalue weighted by Crippen LogP contribution is -2.51. The van der Waals surface area contributed by atoms with E-state index in [1.54, 1.807) is 11.8 Å². The molecule has 6 heteroatoms. The second-order valence-corrected chi connectivity index (χ2v) is 5.20. The highest BCUT2D eigenvalue weighted by Gasteiger charge is 2.34. The summed E-state index contributed by atoms with van der Waals surface area (Å²) in [5, 5.41) is 0. The van der Waals surface area contributed by atoms with E-state index in [-0.39, 0.29) is 12.5 Å². The molecule has 2 rings (SSSR count). The lowest BCUT2D eigenvalue weighted by molar-refractivity contribution is -0.151. The average Bonchev–Trinajstić information content (AvgIpc) is 2.74. The summed E-state index contributed by atoms with van der Waals surface area (Å²) < 4.78 is 4.81. The van der Waals surface area contributed by atoms with Crippen molar-refractivity contribution in [2.45, 2.75) is 38.3 Å². The van der Waals surface area contributed by atoms with Gasteiger partial charge in [0.1, 0.15) is 0 Å². The lowest BCUT2D eigenvalue weighted by atomic mass is 10.2. The van der Waals surface area contributed by atoms with Crippen LogP contribution in [0.15, 0.2) is 0 Å². The van der Waals surface area contributed by atoms with Gasteiger partial charge < -0.3 is 15.4 Å². The predicted molar refractivity (Wildman–Crippen MR) is 70.4 cm³/mol. The minimum atomic E-state index is -1.17. The first-order valence-electron chi connectivity index (χ1n) is 7.08. The van der Waals surface area contributed by atoms with Crippen molar-refractivity contribution in [1.29, 1.82) is 0 Å². The van der Waals surface area contributed by atoms with Gasteiger partial charge in [-0.15, -0.1) is 0 Å². The Hall–Kier alpha value is -1.14. The molecule has 2 atom stereocenters. The molecule has 0 aromatic rings. The second-order valence-electron chi connectivity index (χ2n) is 5.20. The Morgan fingerprint density at radius 3 is 2.79 bits per heavy atom. The van der Waals surface area contributed by atoms with Gasteiger partial charge in [-0.05, 0) is 32.7 Å². The number of nitrogens with zero attached hydrogens (tertiary/aromatic N) is 2. The molecule has 0 aromatic heterocycles. The van der Waals surface area contributed by atoms with Crippen LogP contribution in [0.25, 0.3) is 0 Å². The zero-order valence-corrected chi connectivity index (χ0v) is 11.5. The molecular formula is C13H23N3O3. The largest absolute Gasteiger partial charge is 0.464 e. The Balaban J connectivity index is 1.96. The summed E-state index contributed by atoms with van der Waals surface area (Å²) in [6, 6.07) is -0.742. The second kappa shape index (κ2) is 6.34. The van der Waals surface area contributed by atoms with Crippen LogP contribution in [0.5, 0.6) is 0 Å². The highest BCUT2D eigenvalue weighted by molar-refractivity contribution is 6.01. The fraction of sp³-hybridized carbons (Fsp3) is 0.846. The summed E-state index contributed by atoms with van der Waals surface area (Å²) in [5.74, 6) is -0.924. The number of esters is 1. The van der Waals surface area contributed by atoms with Crippen molar-refractivity contribution in [2.75, 3.05) is 32.8 Å². The van der Waals surface area contributed by atoms with Crippen LogP contribution in [-0.4, -0.2) is 66.5 Å². The monoisotopic (exact) mass is 269 g/mol. The zero-order chi connectivity index (χ0) is 13.8. The normalized spacial score (nSPS) is 25.6. The Morgan fingerprint density at radius 1 is 1.32 bits per heavy atom. The van der Waals surface area contributed by atoms with Crippen LogP contribution in [-0.2, 0) is 14.3 Å². The number of carbonyl (C=O) groups is 2. The van der Waals surface area contributed by atoms with Gasteiger partial charge in [0, 0.05) is 25.7 Å². The number of amides is 1. The first-order valence-corrected chi connectivity index (χ1v) is 7.08. The summed E-state index contributed by atoms with van der Waals surface area (Å²) in [5.41, 5.74) is 5.69. The Bertz CT molecular complexity index is 348. The van der Waals surface area contributed by atoms with Crippen molar-refractivity contribution in [3.63, 3.8) is 0 Å². The molecular weight excluding hydrogens is 246 g/mol. The highest BCUT2D eigenvalue weighted by Crippen LogP contribution is 2.21. The maximum Gasteiger partial charge on any atom is 0.332 e. The van der Waals surface area contributed by atoms with Crippen LogP contribution in [0, 0.1) is 0 Å². The molecule has 0 radical (unpaired) electrons. The van der Waals surface area contributed by atoms with E-state index in [9.17, 15) is 9.59 Å². The Labute approximate surface area is 113 Å². The third-order valence-electron chi connectivity index (χ3n) is 3.92. The molecule has 0 bridgehead atoms. The lowest BCUT2D eigenvalue weighted by Gasteiger charge is -2.27. The first-order chi connectivity index (χ1) is 9.13. The minimum Gasteiger partial charge on any atom is -0.464 e. The minimum absolute atomic E-state index is 0.246. The van der Waals surface area contributed by atoms with Crippen molar-refractivity contribution in [3.05, 3.63) is 0 Å². The fourth-order valence-corrected chi connectivity index (χ4v) is 2.94. The molecule has 0 aromatic carbocycles. The molecule has 1 amide bonds. The summed E-state index contributed by atoms with van der Waals surface area (Å²) in [6.07, 6.45) is 3.26. The number of rotatable bonds is 3. The van der Waals surface area contributed by atoms with Crippen molar-refractivity contribution >= 4 is 11.9 Å². The molecule has 2 aliphatic heterocycles. The third kappa shape index (κ3) is 3.25. The van der Waals surface area contributed by atoms with Crippen molar-refractivity contribution in [3.8, 4) is 0 Å². The van der Waals surface area contributed by atoms with Gasteiger partial charge in [0.15, 0.2) is 6.04 Å². The number of carbonyl (C=O) groups excluding carboxylic acids is 2. The van der Waals surface area contributed by atoms with E-state index in [0.717, 1.165) is 25.9 Å². The maximum atomic E-state index is 12.2. The SMILES string of the molecule is CCOC(=O)C(N)C(=O)N1CCCN2CCCC2C1. The number of hydrogen-bond acceptors (Lipinski definition) is 5. The van der Waals surface area contributed by atoms with Crippen LogP contribution < -0.4 is 5.73 Å². The quantitative estimate of drug-likeness (QED) is 0.556. The first kappa shape index (κ1) is 14.3. The van der Waals surface area contributed by atoms with E-state index in [2.05, 4.69) is 4.90 Å². The molecule has 2 N–H and O–H groups in total. The summed E-state index contributed by atoms with van der Waals surface area (Å²) in [7, 11) is 0. The Morgan fingerprint density at radius 2 is 2.05 bits per heavy atom. The van der Waals surface area contributed by atoms with E-state index < -0.39 is 12.0 Å². The Kier molecular flexibility index (Phi) is 4.76. The van der Waals surface area contributed by atoms with Gasteiger partial charge in [-0.2, -0.15) is 0 Å². The molecule has 19 heavy (non-hydrogen) atoms. The standard InChI is InChI=1S/C13H23N3O3/c1-2-19-13(18)11(14)12(17)16-8-4-7-15-6-3-5-10(15)9-16/h10-11H,2-9,14H2,1H3. The molecule has 2 unspecified atom stereocenters. The van der Waals surface area contributed by atoms with Crippen LogP contribution in [0.4, 0.5) is 0 Å². The zero-order valence-electron chi connectivity index (χ0n) is 11.5. The number of fused-ring (bicyclic) bond motifs is 1. The topological polar surface area (TPSA) is 75.9 Å². The smallest absolute Gasteiger partial charge is 0.332 e. The summed E-state index contributed by atoms with van der Waals surface area (Å²) in [4.78, 5) is 27.9. The van der Waals surface area contributed by atoms with Crippen molar-refractivity contribution in [2.24, 2.45) is 5.73 Å². The third-order valence-corrected chi connectivity index (χ3v) is 3.92. The van der Waals surface area contributed by atoms with E-state index in [4.69, 9.17) is 10.5 Å². The molecule has 2 aliphatic rings. The molecule has 0 spiro atoms. The molecule has 0 aliphatic carbocycles. The highest BCUT2D eigenvalue weighted by atomic mass is 16.5. The number of nitrogens with two attached hydrogens (primary N) is 1. The molecule has 2 fully saturated rings. The number of ether oxygens (including phenoxy) is 1.